The van der Waals surface area contributed by atoms with Crippen molar-refractivity contribution in [1.82, 2.24) is 5.32 Å². The first-order valence-corrected chi connectivity index (χ1v) is 27.1. The fourth-order valence-electron chi connectivity index (χ4n) is 7.39. The lowest BCUT2D eigenvalue weighted by molar-refractivity contribution is -0.302. The maximum Gasteiger partial charge on any atom is 0.220 e. The molecule has 7 atom stereocenters. The summed E-state index contributed by atoms with van der Waals surface area (Å²) in [5.41, 5.74) is 0. The topological polar surface area (TPSA) is 149 Å². The van der Waals surface area contributed by atoms with Crippen molar-refractivity contribution in [3.05, 3.63) is 146 Å². The van der Waals surface area contributed by atoms with Gasteiger partial charge in [-0.15, -0.1) is 0 Å². The van der Waals surface area contributed by atoms with Crippen molar-refractivity contribution in [3.63, 3.8) is 0 Å². The van der Waals surface area contributed by atoms with Crippen molar-refractivity contribution < 1.29 is 39.8 Å². The lowest BCUT2D eigenvalue weighted by Gasteiger charge is -2.40. The molecule has 1 heterocycles. The van der Waals surface area contributed by atoms with Crippen LogP contribution in [0.4, 0.5) is 0 Å². The lowest BCUT2D eigenvalue weighted by Crippen LogP contribution is -2.60. The molecule has 1 amide bonds. The third-order valence-corrected chi connectivity index (χ3v) is 11.7. The highest BCUT2D eigenvalue weighted by Crippen LogP contribution is 2.22. The standard InChI is InChI=1S/C61H97NO8/c1-3-5-7-9-11-12-13-14-15-16-17-18-19-20-21-22-23-24-25-26-27-28-29-30-31-32-33-34-35-36-37-38-39-40-41-42-43-44-45-47-49-51-57(65)62-54(55(64)50-48-46-10-8-6-4-2)53-69-61-60(68)59(67)58(66)56(52-63)70-61/h5,7,11-12,14-15,17-18,20-21,23-24,26-27,29-30,32-33,35-36,38-39,48,50,54-56,58-61,63-64,66-68H,3-4,6,8-10,13,16,19,22,25,28,31,34,37,40-47,49,51-53H2,1-2H3,(H,62,65)/b7-5-,12-11-,15-14-,18-17-,21-20-,24-23-,27-26-,30-29-,33-32-,36-35-,39-38-,50-48+. The Hall–Kier alpha value is -3.93. The molecule has 1 aliphatic heterocycles. The highest BCUT2D eigenvalue weighted by Gasteiger charge is 2.44. The minimum absolute atomic E-state index is 0.202. The molecule has 1 aliphatic rings. The fraction of sp³-hybridized carbons (Fsp3) is 0.590. The zero-order chi connectivity index (χ0) is 50.8. The Kier molecular flexibility index (Phi) is 44.6. The van der Waals surface area contributed by atoms with Crippen molar-refractivity contribution in [2.45, 2.75) is 217 Å². The van der Waals surface area contributed by atoms with Crippen LogP contribution in [-0.2, 0) is 14.3 Å². The van der Waals surface area contributed by atoms with Crippen LogP contribution in [0, 0.1) is 0 Å². The molecule has 0 spiro atoms. The van der Waals surface area contributed by atoms with E-state index in [2.05, 4.69) is 153 Å². The molecule has 7 unspecified atom stereocenters. The molecule has 0 aromatic rings. The summed E-state index contributed by atoms with van der Waals surface area (Å²) in [6.07, 6.45) is 69.6. The minimum atomic E-state index is -1.57. The quantitative estimate of drug-likeness (QED) is 0.0261. The highest BCUT2D eigenvalue weighted by molar-refractivity contribution is 5.76. The number of hydrogen-bond acceptors (Lipinski definition) is 8. The first-order chi connectivity index (χ1) is 34.3. The summed E-state index contributed by atoms with van der Waals surface area (Å²) in [5, 5.41) is 53.9. The predicted molar refractivity (Wildman–Crippen MR) is 294 cm³/mol. The van der Waals surface area contributed by atoms with Crippen LogP contribution in [0.2, 0.25) is 0 Å². The molecule has 0 aromatic carbocycles. The van der Waals surface area contributed by atoms with Gasteiger partial charge in [0, 0.05) is 6.42 Å². The molecular formula is C61H97NO8. The van der Waals surface area contributed by atoms with Crippen LogP contribution in [0.5, 0.6) is 0 Å². The van der Waals surface area contributed by atoms with Gasteiger partial charge in [-0.1, -0.05) is 211 Å². The third kappa shape index (κ3) is 37.8. The lowest BCUT2D eigenvalue weighted by atomic mass is 9.99. The van der Waals surface area contributed by atoms with E-state index in [-0.39, 0.29) is 12.5 Å². The van der Waals surface area contributed by atoms with E-state index in [0.29, 0.717) is 6.42 Å². The maximum atomic E-state index is 12.9. The van der Waals surface area contributed by atoms with E-state index in [1.807, 2.05) is 6.08 Å². The summed E-state index contributed by atoms with van der Waals surface area (Å²) >= 11 is 0. The molecule has 0 bridgehead atoms. The van der Waals surface area contributed by atoms with Crippen molar-refractivity contribution in [2.75, 3.05) is 13.2 Å². The fourth-order valence-corrected chi connectivity index (χ4v) is 7.39. The summed E-state index contributed by atoms with van der Waals surface area (Å²) in [7, 11) is 0. The van der Waals surface area contributed by atoms with Gasteiger partial charge in [-0.2, -0.15) is 0 Å². The molecule has 1 fully saturated rings. The van der Waals surface area contributed by atoms with Gasteiger partial charge in [-0.05, 0) is 103 Å². The Balaban J connectivity index is 2.10. The summed E-state index contributed by atoms with van der Waals surface area (Å²) in [6.45, 7) is 3.54. The van der Waals surface area contributed by atoms with Crippen LogP contribution in [0.1, 0.15) is 174 Å². The number of amides is 1. The van der Waals surface area contributed by atoms with Gasteiger partial charge in [0.15, 0.2) is 6.29 Å². The van der Waals surface area contributed by atoms with Crippen LogP contribution < -0.4 is 5.32 Å². The second-order valence-corrected chi connectivity index (χ2v) is 17.9. The number of unbranched alkanes of at least 4 members (excludes halogenated alkanes) is 11. The maximum absolute atomic E-state index is 12.9. The van der Waals surface area contributed by atoms with Gasteiger partial charge >= 0.3 is 0 Å². The molecule has 1 saturated heterocycles. The van der Waals surface area contributed by atoms with E-state index in [1.54, 1.807) is 6.08 Å². The smallest absolute Gasteiger partial charge is 0.220 e. The van der Waals surface area contributed by atoms with Crippen molar-refractivity contribution in [2.24, 2.45) is 0 Å². The highest BCUT2D eigenvalue weighted by atomic mass is 16.7. The number of carbonyl (C=O) groups excluding carboxylic acids is 1. The van der Waals surface area contributed by atoms with Crippen molar-refractivity contribution >= 4 is 5.91 Å². The van der Waals surface area contributed by atoms with E-state index < -0.39 is 49.5 Å². The van der Waals surface area contributed by atoms with Gasteiger partial charge < -0.3 is 40.3 Å². The Morgan fingerprint density at radius 3 is 1.31 bits per heavy atom. The van der Waals surface area contributed by atoms with E-state index in [9.17, 15) is 30.3 Å². The number of aliphatic hydroxyl groups excluding tert-OH is 5. The average Bonchev–Trinajstić information content (AvgIpc) is 3.36. The van der Waals surface area contributed by atoms with E-state index in [0.717, 1.165) is 135 Å². The van der Waals surface area contributed by atoms with Crippen LogP contribution >= 0.6 is 0 Å². The number of allylic oxidation sites excluding steroid dienone is 23. The van der Waals surface area contributed by atoms with Gasteiger partial charge in [0.2, 0.25) is 5.91 Å². The second kappa shape index (κ2) is 48.7. The molecule has 9 heteroatoms. The molecule has 0 aromatic heterocycles. The number of rotatable bonds is 43. The molecule has 6 N–H and O–H groups in total. The molecule has 9 nitrogen and oxygen atoms in total. The minimum Gasteiger partial charge on any atom is -0.394 e. The van der Waals surface area contributed by atoms with Gasteiger partial charge in [-0.3, -0.25) is 4.79 Å². The molecular weight excluding hydrogens is 875 g/mol. The first kappa shape index (κ1) is 64.1. The number of ether oxygens (including phenoxy) is 2. The van der Waals surface area contributed by atoms with Crippen LogP contribution in [0.25, 0.3) is 0 Å². The van der Waals surface area contributed by atoms with Crippen LogP contribution in [0.15, 0.2) is 146 Å². The average molecular weight is 972 g/mol. The molecule has 0 radical (unpaired) electrons. The van der Waals surface area contributed by atoms with E-state index in [4.69, 9.17) is 9.47 Å². The van der Waals surface area contributed by atoms with Gasteiger partial charge in [-0.25, -0.2) is 0 Å². The second-order valence-electron chi connectivity index (χ2n) is 17.9. The zero-order valence-corrected chi connectivity index (χ0v) is 43.5. The predicted octanol–water partition coefficient (Wildman–Crippen LogP) is 13.1. The Bertz CT molecular complexity index is 1600. The van der Waals surface area contributed by atoms with Crippen LogP contribution in [-0.4, -0.2) is 87.5 Å². The van der Waals surface area contributed by atoms with Gasteiger partial charge in [0.1, 0.15) is 24.4 Å². The number of aliphatic hydroxyl groups is 5. The monoisotopic (exact) mass is 972 g/mol. The molecule has 394 valence electrons. The molecule has 0 aliphatic carbocycles. The SMILES string of the molecule is CC/C=C\C/C=C\C/C=C\C/C=C\C/C=C\C/C=C\C/C=C\C/C=C\C/C=C\C/C=C\C/C=C\CCCCCCCCCC(=O)NC(COC1OC(CO)C(O)C(O)C1O)C(O)/C=C/CCCCCC. The summed E-state index contributed by atoms with van der Waals surface area (Å²) in [6, 6.07) is -0.817. The number of hydrogen-bond donors (Lipinski definition) is 6. The molecule has 0 saturated carbocycles. The van der Waals surface area contributed by atoms with Crippen molar-refractivity contribution in [1.29, 1.82) is 0 Å². The van der Waals surface area contributed by atoms with E-state index >= 15 is 0 Å². The molecule has 1 rings (SSSR count). The molecule has 70 heavy (non-hydrogen) atoms. The summed E-state index contributed by atoms with van der Waals surface area (Å²) in [4.78, 5) is 12.9. The first-order valence-electron chi connectivity index (χ1n) is 27.1. The Morgan fingerprint density at radius 2 is 0.886 bits per heavy atom. The van der Waals surface area contributed by atoms with E-state index in [1.165, 1.54) is 19.3 Å². The van der Waals surface area contributed by atoms with Gasteiger partial charge in [0.25, 0.3) is 0 Å². The normalized spacial score (nSPS) is 20.6. The summed E-state index contributed by atoms with van der Waals surface area (Å²) < 4.78 is 11.1. The largest absolute Gasteiger partial charge is 0.394 e. The third-order valence-electron chi connectivity index (χ3n) is 11.7. The van der Waals surface area contributed by atoms with Crippen molar-refractivity contribution in [3.8, 4) is 0 Å². The number of carbonyl (C=O) groups is 1. The van der Waals surface area contributed by atoms with Crippen LogP contribution in [0.3, 0.4) is 0 Å². The zero-order valence-electron chi connectivity index (χ0n) is 43.5. The van der Waals surface area contributed by atoms with Gasteiger partial charge in [0.05, 0.1) is 25.4 Å². The Labute approximate surface area is 425 Å². The summed E-state index contributed by atoms with van der Waals surface area (Å²) in [5.74, 6) is -0.202. The Morgan fingerprint density at radius 1 is 0.500 bits per heavy atom. The number of nitrogens with one attached hydrogen (secondary N) is 1.